The molecule has 0 bridgehead atoms. The van der Waals surface area contributed by atoms with Gasteiger partial charge in [-0.05, 0) is 51.5 Å². The van der Waals surface area contributed by atoms with E-state index in [9.17, 15) is 4.79 Å². The van der Waals surface area contributed by atoms with Crippen molar-refractivity contribution in [3.8, 4) is 11.1 Å². The van der Waals surface area contributed by atoms with E-state index in [4.69, 9.17) is 16.6 Å². The molecule has 0 saturated carbocycles. The molecule has 2 aromatic heterocycles. The molecule has 0 spiro atoms. The van der Waals surface area contributed by atoms with E-state index in [1.165, 1.54) is 17.3 Å². The summed E-state index contributed by atoms with van der Waals surface area (Å²) >= 11 is 7.02. The number of aryl methyl sites for hydroxylation is 2. The lowest BCUT2D eigenvalue weighted by atomic mass is 9.85. The zero-order chi connectivity index (χ0) is 21.9. The van der Waals surface area contributed by atoms with E-state index in [2.05, 4.69) is 44.8 Å². The molecule has 4 nitrogen and oxygen atoms in total. The monoisotopic (exact) mass is 484 g/mol. The molecule has 5 rings (SSSR count). The molecule has 0 fully saturated rings. The van der Waals surface area contributed by atoms with Gasteiger partial charge in [0.1, 0.15) is 9.34 Å². The van der Waals surface area contributed by atoms with E-state index in [1.54, 1.807) is 20.7 Å². The van der Waals surface area contributed by atoms with Gasteiger partial charge in [-0.25, -0.2) is 4.98 Å². The number of amides is 1. The molecule has 31 heavy (non-hydrogen) atoms. The van der Waals surface area contributed by atoms with Gasteiger partial charge in [-0.1, -0.05) is 68.4 Å². The largest absolute Gasteiger partial charge is 0.431 e. The van der Waals surface area contributed by atoms with Crippen molar-refractivity contribution in [2.75, 3.05) is 10.7 Å². The molecule has 8 heteroatoms. The molecular formula is C23H20N2O2S4. The summed E-state index contributed by atoms with van der Waals surface area (Å²) in [5.41, 5.74) is 6.44. The van der Waals surface area contributed by atoms with E-state index >= 15 is 0 Å². The summed E-state index contributed by atoms with van der Waals surface area (Å²) in [5, 5.41) is 0.511. The van der Waals surface area contributed by atoms with Gasteiger partial charge in [0, 0.05) is 11.1 Å². The smallest absolute Gasteiger partial charge is 0.257 e. The third-order valence-electron chi connectivity index (χ3n) is 5.53. The highest BCUT2D eigenvalue weighted by Crippen LogP contribution is 2.53. The second-order valence-electron chi connectivity index (χ2n) is 8.16. The van der Waals surface area contributed by atoms with Crippen LogP contribution < -0.4 is 4.90 Å². The summed E-state index contributed by atoms with van der Waals surface area (Å²) in [6.07, 6.45) is 0. The van der Waals surface area contributed by atoms with Crippen LogP contribution in [0.5, 0.6) is 0 Å². The fourth-order valence-corrected chi connectivity index (χ4v) is 8.23. The van der Waals surface area contributed by atoms with E-state index in [0.29, 0.717) is 5.22 Å². The molecule has 1 aliphatic heterocycles. The minimum atomic E-state index is -0.487. The number of oxazole rings is 1. The Bertz CT molecular complexity index is 1360. The van der Waals surface area contributed by atoms with Crippen LogP contribution in [0.25, 0.3) is 22.2 Å². The minimum absolute atomic E-state index is 0.0282. The Balaban J connectivity index is 1.55. The molecule has 3 heterocycles. The Morgan fingerprint density at radius 1 is 1.23 bits per heavy atom. The van der Waals surface area contributed by atoms with Crippen LogP contribution in [0.4, 0.5) is 5.69 Å². The first kappa shape index (κ1) is 20.9. The van der Waals surface area contributed by atoms with E-state index in [-0.39, 0.29) is 11.7 Å². The Kier molecular flexibility index (Phi) is 5.08. The highest BCUT2D eigenvalue weighted by atomic mass is 32.9. The number of fused-ring (bicyclic) bond motifs is 4. The Hall–Kier alpha value is -2.00. The van der Waals surface area contributed by atoms with Crippen LogP contribution in [0.1, 0.15) is 29.9 Å². The van der Waals surface area contributed by atoms with Crippen LogP contribution in [-0.2, 0) is 10.3 Å². The molecule has 0 radical (unpaired) electrons. The predicted octanol–water partition coefficient (Wildman–Crippen LogP) is 7.34. The molecule has 0 N–H and O–H groups in total. The third-order valence-corrected chi connectivity index (χ3v) is 9.67. The van der Waals surface area contributed by atoms with Gasteiger partial charge < -0.3 is 9.32 Å². The van der Waals surface area contributed by atoms with Crippen molar-refractivity contribution in [1.82, 2.24) is 4.98 Å². The fourth-order valence-electron chi connectivity index (χ4n) is 4.26. The lowest BCUT2D eigenvalue weighted by molar-refractivity contribution is -0.117. The van der Waals surface area contributed by atoms with Gasteiger partial charge >= 0.3 is 0 Å². The number of carbonyl (C=O) groups excluding carboxylic acids is 1. The first-order valence-electron chi connectivity index (χ1n) is 9.84. The lowest BCUT2D eigenvalue weighted by Gasteiger charge is -2.43. The first-order chi connectivity index (χ1) is 14.8. The standard InChI is InChI=1S/C23H20N2O2S4/c1-12-9-13(2)19-14(10-12)18-20(30-31-21(18)28)23(3,4)25(19)17(26)11-29-22-24-15-7-5-6-8-16(15)27-22/h5-10H,11H2,1-4H3. The summed E-state index contributed by atoms with van der Waals surface area (Å²) in [4.78, 5) is 21.2. The van der Waals surface area contributed by atoms with Gasteiger partial charge in [0.05, 0.1) is 21.9 Å². The van der Waals surface area contributed by atoms with Crippen LogP contribution in [0.2, 0.25) is 0 Å². The number of anilines is 1. The second kappa shape index (κ2) is 7.55. The average Bonchev–Trinajstić information content (AvgIpc) is 3.31. The van der Waals surface area contributed by atoms with Gasteiger partial charge in [0.25, 0.3) is 5.22 Å². The number of thioether (sulfide) groups is 1. The van der Waals surface area contributed by atoms with E-state index < -0.39 is 5.54 Å². The van der Waals surface area contributed by atoms with Crippen molar-refractivity contribution in [3.63, 3.8) is 0 Å². The van der Waals surface area contributed by atoms with Crippen LogP contribution in [0.3, 0.4) is 0 Å². The average molecular weight is 485 g/mol. The molecular weight excluding hydrogens is 465 g/mol. The van der Waals surface area contributed by atoms with Crippen LogP contribution >= 0.6 is 44.7 Å². The van der Waals surface area contributed by atoms with Crippen molar-refractivity contribution in [2.45, 2.75) is 38.5 Å². The van der Waals surface area contributed by atoms with Gasteiger partial charge in [0.2, 0.25) is 5.91 Å². The normalized spacial score (nSPS) is 14.5. The van der Waals surface area contributed by atoms with Crippen molar-refractivity contribution in [1.29, 1.82) is 0 Å². The number of para-hydroxylation sites is 2. The predicted molar refractivity (Wildman–Crippen MR) is 133 cm³/mol. The van der Waals surface area contributed by atoms with Crippen LogP contribution in [0, 0.1) is 17.7 Å². The fraction of sp³-hybridized carbons (Fsp3) is 0.261. The third kappa shape index (κ3) is 3.36. The minimum Gasteiger partial charge on any atom is -0.431 e. The number of hydrogen-bond donors (Lipinski definition) is 0. The summed E-state index contributed by atoms with van der Waals surface area (Å²) in [6.45, 7) is 8.36. The van der Waals surface area contributed by atoms with Crippen molar-refractivity contribution in [3.05, 3.63) is 56.2 Å². The van der Waals surface area contributed by atoms with Gasteiger partial charge in [0.15, 0.2) is 5.58 Å². The van der Waals surface area contributed by atoms with Crippen LogP contribution in [0.15, 0.2) is 46.0 Å². The zero-order valence-corrected chi connectivity index (χ0v) is 20.8. The number of benzene rings is 2. The lowest BCUT2D eigenvalue weighted by Crippen LogP contribution is -2.49. The quantitative estimate of drug-likeness (QED) is 0.173. The summed E-state index contributed by atoms with van der Waals surface area (Å²) in [6, 6.07) is 11.9. The molecule has 1 aliphatic rings. The molecule has 0 aliphatic carbocycles. The van der Waals surface area contributed by atoms with Crippen molar-refractivity contribution >= 4 is 67.4 Å². The summed E-state index contributed by atoms with van der Waals surface area (Å²) in [5.74, 6) is 0.272. The highest BCUT2D eigenvalue weighted by molar-refractivity contribution is 7.99. The molecule has 158 valence electrons. The molecule has 2 aromatic carbocycles. The van der Waals surface area contributed by atoms with Gasteiger partial charge in [-0.2, -0.15) is 0 Å². The van der Waals surface area contributed by atoms with Crippen LogP contribution in [-0.4, -0.2) is 16.6 Å². The first-order valence-corrected chi connectivity index (χ1v) is 13.4. The molecule has 0 atom stereocenters. The van der Waals surface area contributed by atoms with E-state index in [1.807, 2.05) is 29.2 Å². The Labute approximate surface area is 197 Å². The van der Waals surface area contributed by atoms with Crippen molar-refractivity contribution < 1.29 is 9.21 Å². The summed E-state index contributed by atoms with van der Waals surface area (Å²) < 4.78 is 6.69. The Morgan fingerprint density at radius 2 is 2.00 bits per heavy atom. The number of hydrogen-bond acceptors (Lipinski definition) is 7. The maximum absolute atomic E-state index is 13.6. The number of carbonyl (C=O) groups is 1. The molecule has 0 unspecified atom stereocenters. The molecule has 0 saturated heterocycles. The van der Waals surface area contributed by atoms with Gasteiger partial charge in [-0.15, -0.1) is 0 Å². The second-order valence-corrected chi connectivity index (χ2v) is 11.9. The molecule has 4 aromatic rings. The highest BCUT2D eigenvalue weighted by Gasteiger charge is 2.43. The topological polar surface area (TPSA) is 46.3 Å². The Morgan fingerprint density at radius 3 is 2.77 bits per heavy atom. The van der Waals surface area contributed by atoms with Gasteiger partial charge in [-0.3, -0.25) is 4.79 Å². The number of nitrogens with zero attached hydrogens (tertiary/aromatic N) is 2. The number of aromatic nitrogens is 1. The maximum atomic E-state index is 13.6. The SMILES string of the molecule is Cc1cc(C)c2c(c1)-c1c(ssc1=S)C(C)(C)N2C(=O)CSc1nc2ccccc2o1. The zero-order valence-electron chi connectivity index (χ0n) is 17.5. The number of rotatable bonds is 3. The summed E-state index contributed by atoms with van der Waals surface area (Å²) in [7, 11) is 3.29. The molecule has 1 amide bonds. The van der Waals surface area contributed by atoms with Crippen molar-refractivity contribution in [2.24, 2.45) is 0 Å². The van der Waals surface area contributed by atoms with E-state index in [0.717, 1.165) is 42.2 Å². The maximum Gasteiger partial charge on any atom is 0.257 e.